The summed E-state index contributed by atoms with van der Waals surface area (Å²) in [7, 11) is 0. The van der Waals surface area contributed by atoms with Gasteiger partial charge in [-0.05, 0) is 24.2 Å². The maximum Gasteiger partial charge on any atom is -0.0352 e. The number of rotatable bonds is 0. The van der Waals surface area contributed by atoms with Gasteiger partial charge in [-0.2, -0.15) is 0 Å². The highest BCUT2D eigenvalue weighted by Crippen LogP contribution is 2.33. The van der Waals surface area contributed by atoms with Gasteiger partial charge in [-0.25, -0.2) is 0 Å². The number of hydrogen-bond donors (Lipinski definition) is 0. The van der Waals surface area contributed by atoms with Crippen molar-refractivity contribution < 1.29 is 0 Å². The van der Waals surface area contributed by atoms with Crippen molar-refractivity contribution in [3.8, 4) is 0 Å². The van der Waals surface area contributed by atoms with Crippen LogP contribution < -0.4 is 0 Å². The van der Waals surface area contributed by atoms with E-state index in [1.54, 1.807) is 0 Å². The largest absolute Gasteiger partial charge is 0.0625 e. The Balaban J connectivity index is 2.36. The molecule has 1 aliphatic rings. The van der Waals surface area contributed by atoms with Crippen molar-refractivity contribution in [2.24, 2.45) is 11.3 Å². The normalized spacial score (nSPS) is 30.2. The minimum atomic E-state index is 0.596. The molecule has 1 atom stereocenters. The van der Waals surface area contributed by atoms with E-state index in [2.05, 4.69) is 20.8 Å². The highest BCUT2D eigenvalue weighted by atomic mass is 14.3. The van der Waals surface area contributed by atoms with E-state index in [0.29, 0.717) is 5.41 Å². The Morgan fingerprint density at radius 3 is 2.00 bits per heavy atom. The fraction of sp³-hybridized carbons (Fsp3) is 1.00. The maximum absolute atomic E-state index is 2.47. The predicted molar refractivity (Wildman–Crippen MR) is 69.1 cm³/mol. The summed E-state index contributed by atoms with van der Waals surface area (Å²) in [6.07, 6.45) is 14.7. The summed E-state index contributed by atoms with van der Waals surface area (Å²) in [5.74, 6) is 0.944. The molecule has 1 aliphatic carbocycles. The molecule has 0 saturated heterocycles. The molecule has 1 fully saturated rings. The Morgan fingerprint density at radius 1 is 0.800 bits per heavy atom. The van der Waals surface area contributed by atoms with E-state index in [-0.39, 0.29) is 0 Å². The lowest BCUT2D eigenvalue weighted by Gasteiger charge is -2.28. The monoisotopic (exact) mass is 210 g/mol. The van der Waals surface area contributed by atoms with Crippen molar-refractivity contribution in [1.82, 2.24) is 0 Å². The quantitative estimate of drug-likeness (QED) is 0.491. The summed E-state index contributed by atoms with van der Waals surface area (Å²) in [5, 5.41) is 0. The van der Waals surface area contributed by atoms with Crippen molar-refractivity contribution in [1.29, 1.82) is 0 Å². The van der Waals surface area contributed by atoms with Gasteiger partial charge in [0.05, 0.1) is 0 Å². The smallest absolute Gasteiger partial charge is 0.0352 e. The van der Waals surface area contributed by atoms with Crippen LogP contribution in [-0.4, -0.2) is 0 Å². The van der Waals surface area contributed by atoms with Gasteiger partial charge in [-0.3, -0.25) is 0 Å². The van der Waals surface area contributed by atoms with Crippen LogP contribution in [0.4, 0.5) is 0 Å². The third kappa shape index (κ3) is 6.22. The molecule has 0 aromatic carbocycles. The lowest BCUT2D eigenvalue weighted by molar-refractivity contribution is 0.236. The highest BCUT2D eigenvalue weighted by molar-refractivity contribution is 4.72. The van der Waals surface area contributed by atoms with Gasteiger partial charge in [-0.1, -0.05) is 72.1 Å². The molecule has 0 aromatic rings. The van der Waals surface area contributed by atoms with Gasteiger partial charge in [0.1, 0.15) is 0 Å². The Bertz CT molecular complexity index is 157. The second-order valence-corrected chi connectivity index (χ2v) is 6.49. The molecule has 1 rings (SSSR count). The first-order valence-corrected chi connectivity index (χ1v) is 7.10. The first kappa shape index (κ1) is 13.1. The van der Waals surface area contributed by atoms with Crippen LogP contribution in [0.25, 0.3) is 0 Å². The van der Waals surface area contributed by atoms with Crippen LogP contribution in [0.1, 0.15) is 85.0 Å². The lowest BCUT2D eigenvalue weighted by atomic mass is 9.77. The van der Waals surface area contributed by atoms with Gasteiger partial charge in [0.2, 0.25) is 0 Å². The molecule has 0 N–H and O–H groups in total. The van der Waals surface area contributed by atoms with Gasteiger partial charge in [0.25, 0.3) is 0 Å². The Morgan fingerprint density at radius 2 is 1.33 bits per heavy atom. The second kappa shape index (κ2) is 6.55. The van der Waals surface area contributed by atoms with Gasteiger partial charge in [0, 0.05) is 0 Å². The molecule has 1 unspecified atom stereocenters. The molecule has 0 amide bonds. The average molecular weight is 210 g/mol. The Kier molecular flexibility index (Phi) is 5.71. The molecule has 90 valence electrons. The van der Waals surface area contributed by atoms with Crippen LogP contribution in [0.15, 0.2) is 0 Å². The first-order valence-electron chi connectivity index (χ1n) is 7.10. The molecule has 15 heavy (non-hydrogen) atoms. The molecule has 0 aliphatic heterocycles. The SMILES string of the molecule is CC1CCCCCCCCCC(C)(C)C1. The molecule has 0 heterocycles. The summed E-state index contributed by atoms with van der Waals surface area (Å²) < 4.78 is 0. The minimum absolute atomic E-state index is 0.596. The molecule has 0 aromatic heterocycles. The fourth-order valence-corrected chi connectivity index (χ4v) is 3.13. The molecular formula is C15H30. The van der Waals surface area contributed by atoms with E-state index >= 15 is 0 Å². The molecule has 0 spiro atoms. The zero-order valence-corrected chi connectivity index (χ0v) is 11.1. The van der Waals surface area contributed by atoms with E-state index in [9.17, 15) is 0 Å². The second-order valence-electron chi connectivity index (χ2n) is 6.49. The van der Waals surface area contributed by atoms with Crippen molar-refractivity contribution >= 4 is 0 Å². The number of hydrogen-bond acceptors (Lipinski definition) is 0. The standard InChI is InChI=1S/C15H30/c1-14-11-9-7-5-4-6-8-10-12-15(2,3)13-14/h14H,4-13H2,1-3H3. The lowest BCUT2D eigenvalue weighted by Crippen LogP contribution is -2.16. The zero-order valence-electron chi connectivity index (χ0n) is 11.1. The fourth-order valence-electron chi connectivity index (χ4n) is 3.13. The van der Waals surface area contributed by atoms with Gasteiger partial charge >= 0.3 is 0 Å². The first-order chi connectivity index (χ1) is 7.10. The summed E-state index contributed by atoms with van der Waals surface area (Å²) in [4.78, 5) is 0. The Hall–Kier alpha value is 0. The maximum atomic E-state index is 2.47. The third-order valence-corrected chi connectivity index (χ3v) is 3.95. The van der Waals surface area contributed by atoms with Crippen LogP contribution >= 0.6 is 0 Å². The topological polar surface area (TPSA) is 0 Å². The van der Waals surface area contributed by atoms with Crippen molar-refractivity contribution in [3.63, 3.8) is 0 Å². The van der Waals surface area contributed by atoms with Gasteiger partial charge < -0.3 is 0 Å². The minimum Gasteiger partial charge on any atom is -0.0625 e. The molecule has 0 heteroatoms. The van der Waals surface area contributed by atoms with E-state index in [1.807, 2.05) is 0 Å². The average Bonchev–Trinajstić information content (AvgIpc) is 2.12. The van der Waals surface area contributed by atoms with E-state index in [1.165, 1.54) is 64.2 Å². The van der Waals surface area contributed by atoms with Crippen LogP contribution in [-0.2, 0) is 0 Å². The van der Waals surface area contributed by atoms with E-state index in [0.717, 1.165) is 5.92 Å². The van der Waals surface area contributed by atoms with E-state index in [4.69, 9.17) is 0 Å². The molecular weight excluding hydrogens is 180 g/mol. The van der Waals surface area contributed by atoms with Crippen molar-refractivity contribution in [2.75, 3.05) is 0 Å². The van der Waals surface area contributed by atoms with Crippen molar-refractivity contribution in [2.45, 2.75) is 85.0 Å². The summed E-state index contributed by atoms with van der Waals surface area (Å²) in [6.45, 7) is 7.39. The Labute approximate surface area is 96.8 Å². The predicted octanol–water partition coefficient (Wildman–Crippen LogP) is 5.56. The molecule has 1 saturated carbocycles. The third-order valence-electron chi connectivity index (χ3n) is 3.95. The summed E-state index contributed by atoms with van der Waals surface area (Å²) >= 11 is 0. The zero-order chi connectivity index (χ0) is 11.1. The van der Waals surface area contributed by atoms with E-state index < -0.39 is 0 Å². The van der Waals surface area contributed by atoms with Crippen molar-refractivity contribution in [3.05, 3.63) is 0 Å². The molecule has 0 nitrogen and oxygen atoms in total. The molecule has 0 radical (unpaired) electrons. The molecule has 0 bridgehead atoms. The van der Waals surface area contributed by atoms with Gasteiger partial charge in [-0.15, -0.1) is 0 Å². The van der Waals surface area contributed by atoms with Crippen LogP contribution in [0.5, 0.6) is 0 Å². The van der Waals surface area contributed by atoms with Crippen LogP contribution in [0.2, 0.25) is 0 Å². The summed E-state index contributed by atoms with van der Waals surface area (Å²) in [6, 6.07) is 0. The highest BCUT2D eigenvalue weighted by Gasteiger charge is 2.20. The van der Waals surface area contributed by atoms with Crippen LogP contribution in [0.3, 0.4) is 0 Å². The van der Waals surface area contributed by atoms with Crippen LogP contribution in [0, 0.1) is 11.3 Å². The van der Waals surface area contributed by atoms with Gasteiger partial charge in [0.15, 0.2) is 0 Å². The summed E-state index contributed by atoms with van der Waals surface area (Å²) in [5.41, 5.74) is 0.596.